The van der Waals surface area contributed by atoms with Crippen LogP contribution < -0.4 is 0 Å². The summed E-state index contributed by atoms with van der Waals surface area (Å²) in [6.45, 7) is 3.53. The Kier molecular flexibility index (Phi) is 4.99. The van der Waals surface area contributed by atoms with Gasteiger partial charge in [0.25, 0.3) is 0 Å². The summed E-state index contributed by atoms with van der Waals surface area (Å²) in [5, 5.41) is 0. The maximum absolute atomic E-state index is 12.3. The predicted molar refractivity (Wildman–Crippen MR) is 40.6 cm³/mol. The standard InChI is InChI=1S/C8H15FO/c1-4-5-8(10-3)6-7(2)9/h5,7H,4,6H2,1-3H3/b8-5+. The lowest BCUT2D eigenvalue weighted by atomic mass is 10.2. The van der Waals surface area contributed by atoms with Crippen LogP contribution in [0.15, 0.2) is 11.8 Å². The van der Waals surface area contributed by atoms with Crippen LogP contribution in [0.3, 0.4) is 0 Å². The molecule has 0 bridgehead atoms. The Bertz CT molecular complexity index is 108. The molecular weight excluding hydrogens is 131 g/mol. The Morgan fingerprint density at radius 1 is 1.70 bits per heavy atom. The monoisotopic (exact) mass is 146 g/mol. The first kappa shape index (κ1) is 9.47. The van der Waals surface area contributed by atoms with Crippen LogP contribution >= 0.6 is 0 Å². The Hall–Kier alpha value is -0.530. The first-order chi connectivity index (χ1) is 4.70. The number of allylic oxidation sites excluding steroid dienone is 2. The highest BCUT2D eigenvalue weighted by atomic mass is 19.1. The Balaban J connectivity index is 3.71. The molecule has 0 saturated carbocycles. The highest BCUT2D eigenvalue weighted by molar-refractivity contribution is 4.93. The van der Waals surface area contributed by atoms with Crippen molar-refractivity contribution >= 4 is 0 Å². The van der Waals surface area contributed by atoms with Crippen LogP contribution in [-0.2, 0) is 4.74 Å². The molecule has 60 valence electrons. The Morgan fingerprint density at radius 2 is 2.30 bits per heavy atom. The molecule has 1 unspecified atom stereocenters. The second kappa shape index (κ2) is 5.27. The van der Waals surface area contributed by atoms with E-state index in [1.54, 1.807) is 7.11 Å². The SMILES string of the molecule is CC/C=C(\CC(C)F)OC. The average Bonchev–Trinajstić information content (AvgIpc) is 1.86. The second-order valence-corrected chi connectivity index (χ2v) is 2.27. The minimum absolute atomic E-state index is 0.393. The van der Waals surface area contributed by atoms with E-state index < -0.39 is 6.17 Å². The molecule has 0 aliphatic heterocycles. The smallest absolute Gasteiger partial charge is 0.104 e. The zero-order chi connectivity index (χ0) is 7.98. The van der Waals surface area contributed by atoms with E-state index in [-0.39, 0.29) is 0 Å². The van der Waals surface area contributed by atoms with Gasteiger partial charge in [0.2, 0.25) is 0 Å². The molecule has 10 heavy (non-hydrogen) atoms. The van der Waals surface area contributed by atoms with E-state index >= 15 is 0 Å². The van der Waals surface area contributed by atoms with Gasteiger partial charge in [0, 0.05) is 6.42 Å². The fourth-order valence-corrected chi connectivity index (χ4v) is 0.755. The number of halogens is 1. The molecule has 0 radical (unpaired) electrons. The van der Waals surface area contributed by atoms with Crippen molar-refractivity contribution in [2.45, 2.75) is 32.9 Å². The Labute approximate surface area is 61.9 Å². The lowest BCUT2D eigenvalue weighted by Gasteiger charge is -2.05. The molecule has 0 spiro atoms. The van der Waals surface area contributed by atoms with Gasteiger partial charge in [0.05, 0.1) is 12.9 Å². The molecule has 0 saturated heterocycles. The van der Waals surface area contributed by atoms with Gasteiger partial charge in [0.15, 0.2) is 0 Å². The van der Waals surface area contributed by atoms with Gasteiger partial charge in [-0.3, -0.25) is 0 Å². The number of ether oxygens (including phenoxy) is 1. The molecule has 1 nitrogen and oxygen atoms in total. The maximum atomic E-state index is 12.3. The third-order valence-corrected chi connectivity index (χ3v) is 1.18. The van der Waals surface area contributed by atoms with Gasteiger partial charge in [-0.2, -0.15) is 0 Å². The first-order valence-corrected chi connectivity index (χ1v) is 3.57. The van der Waals surface area contributed by atoms with Crippen molar-refractivity contribution < 1.29 is 9.13 Å². The summed E-state index contributed by atoms with van der Waals surface area (Å²) in [6, 6.07) is 0. The fourth-order valence-electron chi connectivity index (χ4n) is 0.755. The van der Waals surface area contributed by atoms with E-state index in [9.17, 15) is 4.39 Å². The highest BCUT2D eigenvalue weighted by Crippen LogP contribution is 2.08. The van der Waals surface area contributed by atoms with Gasteiger partial charge in [-0.25, -0.2) is 4.39 Å². The summed E-state index contributed by atoms with van der Waals surface area (Å²) in [6.07, 6.45) is 2.38. The van der Waals surface area contributed by atoms with Crippen molar-refractivity contribution in [2.24, 2.45) is 0 Å². The molecule has 0 heterocycles. The van der Waals surface area contributed by atoms with Crippen LogP contribution in [0, 0.1) is 0 Å². The molecule has 0 rings (SSSR count). The van der Waals surface area contributed by atoms with Crippen molar-refractivity contribution in [2.75, 3.05) is 7.11 Å². The van der Waals surface area contributed by atoms with E-state index in [1.807, 2.05) is 13.0 Å². The van der Waals surface area contributed by atoms with E-state index in [2.05, 4.69) is 0 Å². The van der Waals surface area contributed by atoms with E-state index in [1.165, 1.54) is 6.92 Å². The number of rotatable bonds is 4. The van der Waals surface area contributed by atoms with Gasteiger partial charge < -0.3 is 4.74 Å². The third-order valence-electron chi connectivity index (χ3n) is 1.18. The lowest BCUT2D eigenvalue weighted by molar-refractivity contribution is 0.239. The van der Waals surface area contributed by atoms with E-state index in [0.29, 0.717) is 6.42 Å². The molecule has 2 heteroatoms. The number of hydrogen-bond donors (Lipinski definition) is 0. The van der Waals surface area contributed by atoms with Crippen LogP contribution in [0.2, 0.25) is 0 Å². The van der Waals surface area contributed by atoms with Crippen LogP contribution in [0.5, 0.6) is 0 Å². The second-order valence-electron chi connectivity index (χ2n) is 2.27. The molecule has 0 aromatic rings. The van der Waals surface area contributed by atoms with Crippen LogP contribution in [-0.4, -0.2) is 13.3 Å². The summed E-state index contributed by atoms with van der Waals surface area (Å²) in [5.74, 6) is 0.748. The molecule has 1 atom stereocenters. The predicted octanol–water partition coefficient (Wildman–Crippen LogP) is 2.67. The molecule has 0 aliphatic carbocycles. The highest BCUT2D eigenvalue weighted by Gasteiger charge is 2.01. The normalized spacial score (nSPS) is 15.0. The van der Waals surface area contributed by atoms with E-state index in [4.69, 9.17) is 4.74 Å². The minimum atomic E-state index is -0.808. The van der Waals surface area contributed by atoms with Gasteiger partial charge in [-0.1, -0.05) is 6.92 Å². The summed E-state index contributed by atoms with van der Waals surface area (Å²) in [4.78, 5) is 0. The van der Waals surface area contributed by atoms with Crippen molar-refractivity contribution in [3.63, 3.8) is 0 Å². The number of hydrogen-bond acceptors (Lipinski definition) is 1. The molecular formula is C8H15FO. The van der Waals surface area contributed by atoms with Crippen molar-refractivity contribution in [3.8, 4) is 0 Å². The third kappa shape index (κ3) is 4.36. The van der Waals surface area contributed by atoms with Crippen LogP contribution in [0.25, 0.3) is 0 Å². The zero-order valence-electron chi connectivity index (χ0n) is 6.86. The molecule has 0 fully saturated rings. The minimum Gasteiger partial charge on any atom is -0.501 e. The molecule has 0 aromatic carbocycles. The number of alkyl halides is 1. The first-order valence-electron chi connectivity index (χ1n) is 3.57. The molecule has 0 amide bonds. The quantitative estimate of drug-likeness (QED) is 0.554. The number of methoxy groups -OCH3 is 1. The summed E-state index contributed by atoms with van der Waals surface area (Å²) >= 11 is 0. The zero-order valence-corrected chi connectivity index (χ0v) is 6.86. The largest absolute Gasteiger partial charge is 0.501 e. The summed E-state index contributed by atoms with van der Waals surface area (Å²) < 4.78 is 17.3. The van der Waals surface area contributed by atoms with Gasteiger partial charge in [-0.15, -0.1) is 0 Å². The van der Waals surface area contributed by atoms with Crippen molar-refractivity contribution in [1.82, 2.24) is 0 Å². The maximum Gasteiger partial charge on any atom is 0.104 e. The Morgan fingerprint density at radius 3 is 2.60 bits per heavy atom. The van der Waals surface area contributed by atoms with Gasteiger partial charge in [0.1, 0.15) is 6.17 Å². The van der Waals surface area contributed by atoms with Crippen molar-refractivity contribution in [3.05, 3.63) is 11.8 Å². The molecule has 0 aromatic heterocycles. The molecule has 0 N–H and O–H groups in total. The summed E-state index contributed by atoms with van der Waals surface area (Å²) in [7, 11) is 1.57. The average molecular weight is 146 g/mol. The topological polar surface area (TPSA) is 9.23 Å². The van der Waals surface area contributed by atoms with Crippen LogP contribution in [0.1, 0.15) is 26.7 Å². The van der Waals surface area contributed by atoms with E-state index in [0.717, 1.165) is 12.2 Å². The summed E-state index contributed by atoms with van der Waals surface area (Å²) in [5.41, 5.74) is 0. The van der Waals surface area contributed by atoms with Crippen molar-refractivity contribution in [1.29, 1.82) is 0 Å². The molecule has 0 aliphatic rings. The van der Waals surface area contributed by atoms with Gasteiger partial charge >= 0.3 is 0 Å². The fraction of sp³-hybridized carbons (Fsp3) is 0.750. The van der Waals surface area contributed by atoms with Crippen LogP contribution in [0.4, 0.5) is 4.39 Å². The van der Waals surface area contributed by atoms with Gasteiger partial charge in [-0.05, 0) is 19.4 Å². The lowest BCUT2D eigenvalue weighted by Crippen LogP contribution is -1.97.